The molecule has 0 spiro atoms. The summed E-state index contributed by atoms with van der Waals surface area (Å²) >= 11 is 0. The molecule has 1 aromatic carbocycles. The molecule has 21 heavy (non-hydrogen) atoms. The zero-order valence-electron chi connectivity index (χ0n) is 12.6. The molecule has 5 nitrogen and oxygen atoms in total. The van der Waals surface area contributed by atoms with Gasteiger partial charge in [0.2, 0.25) is 5.95 Å². The monoisotopic (exact) mass is 285 g/mol. The summed E-state index contributed by atoms with van der Waals surface area (Å²) < 4.78 is 0. The van der Waals surface area contributed by atoms with Gasteiger partial charge in [0.25, 0.3) is 0 Å². The minimum atomic E-state index is -1.02. The summed E-state index contributed by atoms with van der Waals surface area (Å²) in [7, 11) is 0. The number of hydrogen-bond donors (Lipinski definition) is 2. The van der Waals surface area contributed by atoms with Crippen LogP contribution in [-0.4, -0.2) is 21.0 Å². The van der Waals surface area contributed by atoms with E-state index in [-0.39, 0.29) is 11.0 Å². The molecule has 0 fully saturated rings. The Morgan fingerprint density at radius 3 is 2.48 bits per heavy atom. The number of aromatic carboxylic acids is 1. The van der Waals surface area contributed by atoms with Crippen molar-refractivity contribution in [2.24, 2.45) is 0 Å². The average molecular weight is 285 g/mol. The molecule has 2 N–H and O–H groups in total. The number of carbonyl (C=O) groups is 1. The Bertz CT molecular complexity index is 675. The summed E-state index contributed by atoms with van der Waals surface area (Å²) in [6.45, 7) is 8.05. The Morgan fingerprint density at radius 1 is 1.24 bits per heavy atom. The van der Waals surface area contributed by atoms with Crippen LogP contribution in [0.25, 0.3) is 0 Å². The first-order valence-corrected chi connectivity index (χ1v) is 6.72. The van der Waals surface area contributed by atoms with Crippen molar-refractivity contribution < 1.29 is 9.90 Å². The molecule has 0 unspecified atom stereocenters. The molecule has 2 aromatic rings. The van der Waals surface area contributed by atoms with E-state index in [4.69, 9.17) is 5.11 Å². The van der Waals surface area contributed by atoms with Crippen molar-refractivity contribution in [3.63, 3.8) is 0 Å². The highest BCUT2D eigenvalue weighted by atomic mass is 16.4. The Kier molecular flexibility index (Phi) is 3.93. The molecule has 0 aliphatic carbocycles. The van der Waals surface area contributed by atoms with Gasteiger partial charge in [-0.15, -0.1) is 0 Å². The first-order chi connectivity index (χ1) is 9.79. The van der Waals surface area contributed by atoms with Crippen molar-refractivity contribution in [3.8, 4) is 0 Å². The second-order valence-electron chi connectivity index (χ2n) is 5.92. The van der Waals surface area contributed by atoms with E-state index in [1.54, 1.807) is 6.92 Å². The number of rotatable bonds is 3. The maximum Gasteiger partial charge on any atom is 0.339 e. The predicted molar refractivity (Wildman–Crippen MR) is 82.2 cm³/mol. The molecule has 1 heterocycles. The Balaban J connectivity index is 2.35. The highest BCUT2D eigenvalue weighted by molar-refractivity contribution is 5.88. The number of aromatic nitrogens is 2. The Hall–Kier alpha value is -2.43. The summed E-state index contributed by atoms with van der Waals surface area (Å²) in [4.78, 5) is 19.3. The summed E-state index contributed by atoms with van der Waals surface area (Å²) in [5.74, 6) is -0.622. The standard InChI is InChI=1S/C16H19N3O2/c1-10-11(14(20)21)9-17-15(18-10)19-13-8-6-5-7-12(13)16(2,3)4/h5-9H,1-4H3,(H,20,21)(H,17,18,19). The molecule has 2 rings (SSSR count). The van der Waals surface area contributed by atoms with Gasteiger partial charge >= 0.3 is 5.97 Å². The van der Waals surface area contributed by atoms with Crippen molar-refractivity contribution >= 4 is 17.6 Å². The maximum absolute atomic E-state index is 11.0. The summed E-state index contributed by atoms with van der Waals surface area (Å²) in [6, 6.07) is 7.95. The quantitative estimate of drug-likeness (QED) is 0.902. The van der Waals surface area contributed by atoms with Gasteiger partial charge in [-0.3, -0.25) is 0 Å². The first-order valence-electron chi connectivity index (χ1n) is 6.72. The lowest BCUT2D eigenvalue weighted by molar-refractivity contribution is 0.0695. The van der Waals surface area contributed by atoms with E-state index >= 15 is 0 Å². The predicted octanol–water partition coefficient (Wildman–Crippen LogP) is 3.52. The van der Waals surface area contributed by atoms with E-state index in [2.05, 4.69) is 42.1 Å². The third-order valence-electron chi connectivity index (χ3n) is 3.19. The molecule has 1 aromatic heterocycles. The van der Waals surface area contributed by atoms with E-state index in [1.807, 2.05) is 18.2 Å². The highest BCUT2D eigenvalue weighted by Crippen LogP contribution is 2.30. The number of anilines is 2. The van der Waals surface area contributed by atoms with Crippen molar-refractivity contribution in [2.75, 3.05) is 5.32 Å². The van der Waals surface area contributed by atoms with Gasteiger partial charge in [0, 0.05) is 11.9 Å². The number of hydrogen-bond acceptors (Lipinski definition) is 4. The molecule has 5 heteroatoms. The largest absolute Gasteiger partial charge is 0.478 e. The average Bonchev–Trinajstić information content (AvgIpc) is 2.37. The molecule has 0 amide bonds. The number of nitrogens with one attached hydrogen (secondary N) is 1. The number of benzene rings is 1. The van der Waals surface area contributed by atoms with Crippen LogP contribution in [0.2, 0.25) is 0 Å². The number of carboxylic acid groups (broad SMARTS) is 1. The molecular weight excluding hydrogens is 266 g/mol. The Labute approximate surface area is 124 Å². The molecule has 0 atom stereocenters. The lowest BCUT2D eigenvalue weighted by Crippen LogP contribution is -2.14. The smallest absolute Gasteiger partial charge is 0.339 e. The topological polar surface area (TPSA) is 75.1 Å². The van der Waals surface area contributed by atoms with Crippen molar-refractivity contribution in [2.45, 2.75) is 33.1 Å². The zero-order chi connectivity index (χ0) is 15.6. The normalized spacial score (nSPS) is 11.2. The zero-order valence-corrected chi connectivity index (χ0v) is 12.6. The van der Waals surface area contributed by atoms with Gasteiger partial charge in [0.15, 0.2) is 0 Å². The SMILES string of the molecule is Cc1nc(Nc2ccccc2C(C)(C)C)ncc1C(=O)O. The van der Waals surface area contributed by atoms with Gasteiger partial charge in [-0.25, -0.2) is 14.8 Å². The number of nitrogens with zero attached hydrogens (tertiary/aromatic N) is 2. The minimum absolute atomic E-state index is 0.0142. The third-order valence-corrected chi connectivity index (χ3v) is 3.19. The molecule has 0 saturated heterocycles. The fraction of sp³-hybridized carbons (Fsp3) is 0.312. The molecule has 0 bridgehead atoms. The number of para-hydroxylation sites is 1. The van der Waals surface area contributed by atoms with Crippen LogP contribution in [0.4, 0.5) is 11.6 Å². The van der Waals surface area contributed by atoms with E-state index in [1.165, 1.54) is 6.20 Å². The van der Waals surface area contributed by atoms with Gasteiger partial charge in [-0.1, -0.05) is 39.0 Å². The minimum Gasteiger partial charge on any atom is -0.478 e. The fourth-order valence-electron chi connectivity index (χ4n) is 2.10. The van der Waals surface area contributed by atoms with E-state index < -0.39 is 5.97 Å². The van der Waals surface area contributed by atoms with Crippen molar-refractivity contribution in [1.82, 2.24) is 9.97 Å². The second kappa shape index (κ2) is 5.52. The van der Waals surface area contributed by atoms with Crippen molar-refractivity contribution in [3.05, 3.63) is 47.3 Å². The van der Waals surface area contributed by atoms with Gasteiger partial charge in [0.1, 0.15) is 0 Å². The van der Waals surface area contributed by atoms with Crippen LogP contribution in [0.5, 0.6) is 0 Å². The Morgan fingerprint density at radius 2 is 1.90 bits per heavy atom. The van der Waals surface area contributed by atoms with Gasteiger partial charge in [-0.2, -0.15) is 0 Å². The highest BCUT2D eigenvalue weighted by Gasteiger charge is 2.18. The van der Waals surface area contributed by atoms with Crippen LogP contribution in [0.3, 0.4) is 0 Å². The van der Waals surface area contributed by atoms with Crippen LogP contribution < -0.4 is 5.32 Å². The van der Waals surface area contributed by atoms with Crippen LogP contribution in [-0.2, 0) is 5.41 Å². The lowest BCUT2D eigenvalue weighted by atomic mass is 9.86. The lowest BCUT2D eigenvalue weighted by Gasteiger charge is -2.23. The van der Waals surface area contributed by atoms with Gasteiger partial charge in [-0.05, 0) is 24.0 Å². The molecule has 0 radical (unpaired) electrons. The van der Waals surface area contributed by atoms with E-state index in [9.17, 15) is 4.79 Å². The summed E-state index contributed by atoms with van der Waals surface area (Å²) in [6.07, 6.45) is 1.33. The molecular formula is C16H19N3O2. The summed E-state index contributed by atoms with van der Waals surface area (Å²) in [5, 5.41) is 12.2. The molecule has 0 saturated carbocycles. The van der Waals surface area contributed by atoms with Crippen molar-refractivity contribution in [1.29, 1.82) is 0 Å². The fourth-order valence-corrected chi connectivity index (χ4v) is 2.10. The van der Waals surface area contributed by atoms with Crippen LogP contribution in [0.15, 0.2) is 30.5 Å². The molecule has 0 aliphatic heterocycles. The van der Waals surface area contributed by atoms with Crippen LogP contribution in [0.1, 0.15) is 42.4 Å². The third kappa shape index (κ3) is 3.37. The molecule has 110 valence electrons. The van der Waals surface area contributed by atoms with Gasteiger partial charge < -0.3 is 10.4 Å². The number of carboxylic acids is 1. The van der Waals surface area contributed by atoms with Crippen LogP contribution >= 0.6 is 0 Å². The molecule has 0 aliphatic rings. The maximum atomic E-state index is 11.0. The number of aryl methyl sites for hydroxylation is 1. The first kappa shape index (κ1) is 15.0. The van der Waals surface area contributed by atoms with E-state index in [0.717, 1.165) is 11.3 Å². The summed E-state index contributed by atoms with van der Waals surface area (Å²) in [5.41, 5.74) is 2.61. The second-order valence-corrected chi connectivity index (χ2v) is 5.92. The van der Waals surface area contributed by atoms with E-state index in [0.29, 0.717) is 11.6 Å². The van der Waals surface area contributed by atoms with Crippen LogP contribution in [0, 0.1) is 6.92 Å². The van der Waals surface area contributed by atoms with Gasteiger partial charge in [0.05, 0.1) is 11.3 Å².